The van der Waals surface area contributed by atoms with E-state index in [1.807, 2.05) is 24.3 Å². The van der Waals surface area contributed by atoms with Gasteiger partial charge in [-0.3, -0.25) is 4.79 Å². The highest BCUT2D eigenvalue weighted by molar-refractivity contribution is 5.82. The summed E-state index contributed by atoms with van der Waals surface area (Å²) in [6, 6.07) is 7.59. The number of nitrogens with one attached hydrogen (secondary N) is 1. The summed E-state index contributed by atoms with van der Waals surface area (Å²) in [4.78, 5) is 10.9. The second kappa shape index (κ2) is 4.65. The molecular weight excluding hydrogens is 176 g/mol. The standard InChI is InChI=1S/C11H16N2O/c1-3-9-6-4-5-7-10(9)13-8(2)11(12)14/h4-8,13H,3H2,1-2H3,(H2,12,14). The third kappa shape index (κ3) is 2.49. The average molecular weight is 192 g/mol. The predicted molar refractivity (Wildman–Crippen MR) is 58.1 cm³/mol. The number of nitrogens with two attached hydrogens (primary N) is 1. The maximum absolute atomic E-state index is 10.9. The van der Waals surface area contributed by atoms with Crippen LogP contribution in [0.4, 0.5) is 5.69 Å². The van der Waals surface area contributed by atoms with Gasteiger partial charge in [0.1, 0.15) is 6.04 Å². The van der Waals surface area contributed by atoms with Crippen LogP contribution in [-0.2, 0) is 11.2 Å². The first kappa shape index (κ1) is 10.6. The lowest BCUT2D eigenvalue weighted by Gasteiger charge is -2.14. The number of hydrogen-bond donors (Lipinski definition) is 2. The van der Waals surface area contributed by atoms with Crippen LogP contribution in [0, 0.1) is 0 Å². The quantitative estimate of drug-likeness (QED) is 0.760. The molecule has 0 radical (unpaired) electrons. The topological polar surface area (TPSA) is 55.1 Å². The van der Waals surface area contributed by atoms with E-state index >= 15 is 0 Å². The zero-order chi connectivity index (χ0) is 10.6. The monoisotopic (exact) mass is 192 g/mol. The number of primary amides is 1. The van der Waals surface area contributed by atoms with E-state index in [4.69, 9.17) is 5.73 Å². The van der Waals surface area contributed by atoms with Crippen molar-refractivity contribution < 1.29 is 4.79 Å². The van der Waals surface area contributed by atoms with Gasteiger partial charge in [0.25, 0.3) is 0 Å². The lowest BCUT2D eigenvalue weighted by Crippen LogP contribution is -2.32. The minimum absolute atomic E-state index is 0.331. The Hall–Kier alpha value is -1.51. The molecule has 1 unspecified atom stereocenters. The first-order chi connectivity index (χ1) is 6.65. The van der Waals surface area contributed by atoms with Crippen LogP contribution in [0.2, 0.25) is 0 Å². The van der Waals surface area contributed by atoms with E-state index in [0.29, 0.717) is 0 Å². The van der Waals surface area contributed by atoms with Crippen molar-refractivity contribution in [2.75, 3.05) is 5.32 Å². The maximum atomic E-state index is 10.9. The van der Waals surface area contributed by atoms with E-state index in [-0.39, 0.29) is 11.9 Å². The summed E-state index contributed by atoms with van der Waals surface area (Å²) >= 11 is 0. The van der Waals surface area contributed by atoms with Crippen molar-refractivity contribution in [3.63, 3.8) is 0 Å². The van der Waals surface area contributed by atoms with Crippen molar-refractivity contribution in [3.8, 4) is 0 Å². The number of aryl methyl sites for hydroxylation is 1. The molecule has 3 N–H and O–H groups in total. The van der Waals surface area contributed by atoms with Crippen LogP contribution in [0.5, 0.6) is 0 Å². The van der Waals surface area contributed by atoms with E-state index in [9.17, 15) is 4.79 Å². The number of para-hydroxylation sites is 1. The van der Waals surface area contributed by atoms with Crippen molar-refractivity contribution in [1.29, 1.82) is 0 Å². The van der Waals surface area contributed by atoms with Gasteiger partial charge in [0, 0.05) is 5.69 Å². The Labute approximate surface area is 84.3 Å². The zero-order valence-corrected chi connectivity index (χ0v) is 8.58. The van der Waals surface area contributed by atoms with Crippen molar-refractivity contribution in [2.24, 2.45) is 5.73 Å². The third-order valence-corrected chi connectivity index (χ3v) is 2.20. The van der Waals surface area contributed by atoms with Gasteiger partial charge in [-0.15, -0.1) is 0 Å². The number of carbonyl (C=O) groups is 1. The van der Waals surface area contributed by atoms with Crippen LogP contribution >= 0.6 is 0 Å². The van der Waals surface area contributed by atoms with Gasteiger partial charge in [0.15, 0.2) is 0 Å². The molecule has 1 aromatic carbocycles. The highest BCUT2D eigenvalue weighted by Crippen LogP contribution is 2.16. The fourth-order valence-electron chi connectivity index (χ4n) is 1.27. The number of anilines is 1. The Morgan fingerprint density at radius 2 is 2.14 bits per heavy atom. The Balaban J connectivity index is 2.80. The summed E-state index contributed by atoms with van der Waals surface area (Å²) in [6.07, 6.45) is 0.939. The third-order valence-electron chi connectivity index (χ3n) is 2.20. The molecule has 0 saturated carbocycles. The number of carbonyl (C=O) groups excluding carboxylic acids is 1. The second-order valence-electron chi connectivity index (χ2n) is 3.28. The largest absolute Gasteiger partial charge is 0.374 e. The molecule has 76 valence electrons. The minimum atomic E-state index is -0.337. The number of rotatable bonds is 4. The Kier molecular flexibility index (Phi) is 3.51. The van der Waals surface area contributed by atoms with E-state index < -0.39 is 0 Å². The molecule has 3 heteroatoms. The molecule has 1 rings (SSSR count). The van der Waals surface area contributed by atoms with Crippen molar-refractivity contribution in [1.82, 2.24) is 0 Å². The van der Waals surface area contributed by atoms with E-state index in [1.54, 1.807) is 6.92 Å². The summed E-state index contributed by atoms with van der Waals surface area (Å²) in [7, 11) is 0. The van der Waals surface area contributed by atoms with Crippen LogP contribution in [0.25, 0.3) is 0 Å². The molecule has 0 fully saturated rings. The van der Waals surface area contributed by atoms with Gasteiger partial charge in [-0.1, -0.05) is 25.1 Å². The van der Waals surface area contributed by atoms with E-state index in [2.05, 4.69) is 12.2 Å². The predicted octanol–water partition coefficient (Wildman–Crippen LogP) is 1.53. The van der Waals surface area contributed by atoms with Crippen LogP contribution in [0.3, 0.4) is 0 Å². The maximum Gasteiger partial charge on any atom is 0.239 e. The lowest BCUT2D eigenvalue weighted by atomic mass is 10.1. The Bertz CT molecular complexity index is 323. The molecule has 0 saturated heterocycles. The summed E-state index contributed by atoms with van der Waals surface area (Å²) < 4.78 is 0. The fourth-order valence-corrected chi connectivity index (χ4v) is 1.27. The van der Waals surface area contributed by atoms with Crippen molar-refractivity contribution in [3.05, 3.63) is 29.8 Å². The van der Waals surface area contributed by atoms with Gasteiger partial charge in [0.2, 0.25) is 5.91 Å². The molecule has 0 bridgehead atoms. The van der Waals surface area contributed by atoms with Gasteiger partial charge < -0.3 is 11.1 Å². The van der Waals surface area contributed by atoms with Gasteiger partial charge in [0.05, 0.1) is 0 Å². The fraction of sp³-hybridized carbons (Fsp3) is 0.364. The van der Waals surface area contributed by atoms with Crippen LogP contribution in [0.15, 0.2) is 24.3 Å². The van der Waals surface area contributed by atoms with Gasteiger partial charge >= 0.3 is 0 Å². The van der Waals surface area contributed by atoms with E-state index in [0.717, 1.165) is 12.1 Å². The lowest BCUT2D eigenvalue weighted by molar-refractivity contribution is -0.118. The van der Waals surface area contributed by atoms with Crippen molar-refractivity contribution >= 4 is 11.6 Å². The molecule has 0 aromatic heterocycles. The SMILES string of the molecule is CCc1ccccc1NC(C)C(N)=O. The minimum Gasteiger partial charge on any atom is -0.374 e. The van der Waals surface area contributed by atoms with Gasteiger partial charge in [-0.2, -0.15) is 0 Å². The molecule has 0 aliphatic rings. The average Bonchev–Trinajstić information content (AvgIpc) is 2.18. The first-order valence-corrected chi connectivity index (χ1v) is 4.79. The molecule has 3 nitrogen and oxygen atoms in total. The van der Waals surface area contributed by atoms with Gasteiger partial charge in [-0.25, -0.2) is 0 Å². The zero-order valence-electron chi connectivity index (χ0n) is 8.58. The number of amides is 1. The van der Waals surface area contributed by atoms with Crippen molar-refractivity contribution in [2.45, 2.75) is 26.3 Å². The molecular formula is C11H16N2O. The summed E-state index contributed by atoms with van der Waals surface area (Å²) in [5.41, 5.74) is 7.36. The Morgan fingerprint density at radius 3 is 2.71 bits per heavy atom. The molecule has 1 atom stereocenters. The van der Waals surface area contributed by atoms with Crippen LogP contribution in [0.1, 0.15) is 19.4 Å². The van der Waals surface area contributed by atoms with Gasteiger partial charge in [-0.05, 0) is 25.0 Å². The summed E-state index contributed by atoms with van der Waals surface area (Å²) in [5, 5.41) is 3.09. The highest BCUT2D eigenvalue weighted by Gasteiger charge is 2.09. The van der Waals surface area contributed by atoms with E-state index in [1.165, 1.54) is 5.56 Å². The Morgan fingerprint density at radius 1 is 1.50 bits per heavy atom. The molecule has 1 amide bonds. The summed E-state index contributed by atoms with van der Waals surface area (Å²) in [6.45, 7) is 3.84. The second-order valence-corrected chi connectivity index (χ2v) is 3.28. The molecule has 0 heterocycles. The molecule has 14 heavy (non-hydrogen) atoms. The number of benzene rings is 1. The van der Waals surface area contributed by atoms with Crippen LogP contribution in [-0.4, -0.2) is 11.9 Å². The normalized spacial score (nSPS) is 12.1. The molecule has 1 aromatic rings. The molecule has 0 aliphatic heterocycles. The van der Waals surface area contributed by atoms with Crippen LogP contribution < -0.4 is 11.1 Å². The number of hydrogen-bond acceptors (Lipinski definition) is 2. The first-order valence-electron chi connectivity index (χ1n) is 4.79. The molecule has 0 aliphatic carbocycles. The smallest absolute Gasteiger partial charge is 0.239 e. The molecule has 0 spiro atoms. The summed E-state index contributed by atoms with van der Waals surface area (Å²) in [5.74, 6) is -0.337. The highest BCUT2D eigenvalue weighted by atomic mass is 16.1.